The minimum Gasteiger partial charge on any atom is -0.374 e. The number of hydrogen-bond donors (Lipinski definition) is 0. The molecule has 1 saturated carbocycles. The Kier molecular flexibility index (Phi) is 3.81. The van der Waals surface area contributed by atoms with Crippen molar-refractivity contribution < 1.29 is 4.74 Å². The third-order valence-corrected chi connectivity index (χ3v) is 3.75. The number of rotatable bonds is 3. The molecule has 82 valence electrons. The lowest BCUT2D eigenvalue weighted by Crippen LogP contribution is -2.07. The molecule has 1 nitrogen and oxygen atoms in total. The highest BCUT2D eigenvalue weighted by Gasteiger charge is 2.15. The molecule has 1 aromatic rings. The summed E-state index contributed by atoms with van der Waals surface area (Å²) in [6.07, 6.45) is 5.64. The average Bonchev–Trinajstić information content (AvgIpc) is 2.72. The SMILES string of the molecule is Cc1ccc(Br)c(COC2CCCC2)c1. The largest absolute Gasteiger partial charge is 0.374 e. The van der Waals surface area contributed by atoms with Crippen LogP contribution in [-0.4, -0.2) is 6.10 Å². The molecule has 1 aliphatic carbocycles. The molecular formula is C13H17BrO. The number of halogens is 1. The summed E-state index contributed by atoms with van der Waals surface area (Å²) in [5, 5.41) is 0. The monoisotopic (exact) mass is 268 g/mol. The molecule has 0 radical (unpaired) electrons. The van der Waals surface area contributed by atoms with Gasteiger partial charge in [-0.3, -0.25) is 0 Å². The van der Waals surface area contributed by atoms with Gasteiger partial charge in [0.1, 0.15) is 0 Å². The molecule has 0 bridgehead atoms. The molecular weight excluding hydrogens is 252 g/mol. The van der Waals surface area contributed by atoms with Crippen molar-refractivity contribution in [3.8, 4) is 0 Å². The Morgan fingerprint density at radius 2 is 2.07 bits per heavy atom. The van der Waals surface area contributed by atoms with Crippen LogP contribution in [0.15, 0.2) is 22.7 Å². The minimum atomic E-state index is 0.498. The molecule has 2 rings (SSSR count). The van der Waals surface area contributed by atoms with Crippen molar-refractivity contribution in [3.05, 3.63) is 33.8 Å². The Hall–Kier alpha value is -0.340. The first-order chi connectivity index (χ1) is 7.25. The van der Waals surface area contributed by atoms with Crippen LogP contribution >= 0.6 is 15.9 Å². The Morgan fingerprint density at radius 3 is 2.80 bits per heavy atom. The van der Waals surface area contributed by atoms with Gasteiger partial charge in [0.05, 0.1) is 12.7 Å². The zero-order chi connectivity index (χ0) is 10.7. The van der Waals surface area contributed by atoms with Gasteiger partial charge in [-0.2, -0.15) is 0 Å². The Balaban J connectivity index is 1.94. The van der Waals surface area contributed by atoms with Gasteiger partial charge in [-0.05, 0) is 31.4 Å². The lowest BCUT2D eigenvalue weighted by atomic mass is 10.1. The lowest BCUT2D eigenvalue weighted by molar-refractivity contribution is 0.0453. The second kappa shape index (κ2) is 5.13. The first-order valence-electron chi connectivity index (χ1n) is 5.62. The van der Waals surface area contributed by atoms with Gasteiger partial charge in [-0.25, -0.2) is 0 Å². The van der Waals surface area contributed by atoms with E-state index in [1.807, 2.05) is 0 Å². The third kappa shape index (κ3) is 3.05. The second-order valence-corrected chi connectivity index (χ2v) is 5.17. The Bertz CT molecular complexity index is 329. The fraction of sp³-hybridized carbons (Fsp3) is 0.538. The number of hydrogen-bond acceptors (Lipinski definition) is 1. The zero-order valence-corrected chi connectivity index (χ0v) is 10.7. The van der Waals surface area contributed by atoms with Gasteiger partial charge in [0.25, 0.3) is 0 Å². The lowest BCUT2D eigenvalue weighted by Gasteiger charge is -2.12. The third-order valence-electron chi connectivity index (χ3n) is 2.98. The van der Waals surface area contributed by atoms with E-state index in [4.69, 9.17) is 4.74 Å². The van der Waals surface area contributed by atoms with Gasteiger partial charge in [-0.15, -0.1) is 0 Å². The molecule has 0 amide bonds. The molecule has 1 aliphatic rings. The molecule has 0 aromatic heterocycles. The van der Waals surface area contributed by atoms with E-state index in [0.717, 1.165) is 11.1 Å². The normalized spacial score (nSPS) is 17.2. The quantitative estimate of drug-likeness (QED) is 0.798. The minimum absolute atomic E-state index is 0.498. The van der Waals surface area contributed by atoms with E-state index in [-0.39, 0.29) is 0 Å². The molecule has 0 spiro atoms. The molecule has 0 heterocycles. The number of ether oxygens (including phenoxy) is 1. The van der Waals surface area contributed by atoms with Crippen LogP contribution < -0.4 is 0 Å². The van der Waals surface area contributed by atoms with Crippen molar-refractivity contribution in [2.75, 3.05) is 0 Å². The molecule has 0 aliphatic heterocycles. The zero-order valence-electron chi connectivity index (χ0n) is 9.13. The first-order valence-corrected chi connectivity index (χ1v) is 6.41. The maximum atomic E-state index is 5.89. The fourth-order valence-electron chi connectivity index (χ4n) is 2.08. The van der Waals surface area contributed by atoms with Crippen LogP contribution in [0.2, 0.25) is 0 Å². The number of aryl methyl sites for hydroxylation is 1. The van der Waals surface area contributed by atoms with Crippen molar-refractivity contribution in [1.29, 1.82) is 0 Å². The van der Waals surface area contributed by atoms with Crippen molar-refractivity contribution >= 4 is 15.9 Å². The summed E-state index contributed by atoms with van der Waals surface area (Å²) in [7, 11) is 0. The summed E-state index contributed by atoms with van der Waals surface area (Å²) in [6.45, 7) is 2.86. The summed E-state index contributed by atoms with van der Waals surface area (Å²) >= 11 is 3.56. The summed E-state index contributed by atoms with van der Waals surface area (Å²) in [5.41, 5.74) is 2.56. The molecule has 2 heteroatoms. The molecule has 0 N–H and O–H groups in total. The maximum absolute atomic E-state index is 5.89. The smallest absolute Gasteiger partial charge is 0.0731 e. The molecule has 1 fully saturated rings. The van der Waals surface area contributed by atoms with Crippen molar-refractivity contribution in [2.45, 2.75) is 45.3 Å². The van der Waals surface area contributed by atoms with Gasteiger partial charge in [0.2, 0.25) is 0 Å². The summed E-state index contributed by atoms with van der Waals surface area (Å²) in [5.74, 6) is 0. The van der Waals surface area contributed by atoms with Gasteiger partial charge in [-0.1, -0.05) is 46.5 Å². The van der Waals surface area contributed by atoms with Crippen LogP contribution in [0, 0.1) is 6.92 Å². The summed E-state index contributed by atoms with van der Waals surface area (Å²) in [6, 6.07) is 6.41. The van der Waals surface area contributed by atoms with E-state index in [1.165, 1.54) is 36.8 Å². The predicted octanol–water partition coefficient (Wildman–Crippen LogP) is 4.22. The predicted molar refractivity (Wildman–Crippen MR) is 65.9 cm³/mol. The highest BCUT2D eigenvalue weighted by molar-refractivity contribution is 9.10. The second-order valence-electron chi connectivity index (χ2n) is 4.31. The van der Waals surface area contributed by atoms with E-state index in [1.54, 1.807) is 0 Å². The van der Waals surface area contributed by atoms with Gasteiger partial charge >= 0.3 is 0 Å². The van der Waals surface area contributed by atoms with Crippen molar-refractivity contribution in [1.82, 2.24) is 0 Å². The first kappa shape index (κ1) is 11.2. The van der Waals surface area contributed by atoms with Crippen molar-refractivity contribution in [3.63, 3.8) is 0 Å². The van der Waals surface area contributed by atoms with Crippen molar-refractivity contribution in [2.24, 2.45) is 0 Å². The van der Waals surface area contributed by atoms with Crippen LogP contribution in [-0.2, 0) is 11.3 Å². The summed E-state index contributed by atoms with van der Waals surface area (Å²) in [4.78, 5) is 0. The van der Waals surface area contributed by atoms with E-state index >= 15 is 0 Å². The fourth-order valence-corrected chi connectivity index (χ4v) is 2.44. The van der Waals surface area contributed by atoms with E-state index < -0.39 is 0 Å². The van der Waals surface area contributed by atoms with Crippen LogP contribution in [0.3, 0.4) is 0 Å². The van der Waals surface area contributed by atoms with Crippen LogP contribution in [0.5, 0.6) is 0 Å². The summed E-state index contributed by atoms with van der Waals surface area (Å²) < 4.78 is 7.05. The van der Waals surface area contributed by atoms with E-state index in [9.17, 15) is 0 Å². The van der Waals surface area contributed by atoms with E-state index in [2.05, 4.69) is 41.1 Å². The highest BCUT2D eigenvalue weighted by atomic mass is 79.9. The molecule has 0 unspecified atom stereocenters. The van der Waals surface area contributed by atoms with Crippen LogP contribution in [0.4, 0.5) is 0 Å². The highest BCUT2D eigenvalue weighted by Crippen LogP contribution is 2.24. The van der Waals surface area contributed by atoms with Gasteiger partial charge in [0.15, 0.2) is 0 Å². The molecule has 15 heavy (non-hydrogen) atoms. The van der Waals surface area contributed by atoms with E-state index in [0.29, 0.717) is 6.10 Å². The number of benzene rings is 1. The van der Waals surface area contributed by atoms with Crippen LogP contribution in [0.1, 0.15) is 36.8 Å². The maximum Gasteiger partial charge on any atom is 0.0731 e. The average molecular weight is 269 g/mol. The standard InChI is InChI=1S/C13H17BrO/c1-10-6-7-13(14)11(8-10)9-15-12-4-2-3-5-12/h6-8,12H,2-5,9H2,1H3. The molecule has 0 atom stereocenters. The van der Waals surface area contributed by atoms with Gasteiger partial charge < -0.3 is 4.74 Å². The Labute approximate surface area is 100.0 Å². The Morgan fingerprint density at radius 1 is 1.33 bits per heavy atom. The molecule has 1 aromatic carbocycles. The van der Waals surface area contributed by atoms with Gasteiger partial charge in [0, 0.05) is 4.47 Å². The topological polar surface area (TPSA) is 9.23 Å². The van der Waals surface area contributed by atoms with Crippen LogP contribution in [0.25, 0.3) is 0 Å². The molecule has 0 saturated heterocycles.